The molecule has 4 nitrogen and oxygen atoms in total. The molecule has 86 valence electrons. The molecule has 0 aliphatic rings. The second-order valence-corrected chi connectivity index (χ2v) is 6.61. The summed E-state index contributed by atoms with van der Waals surface area (Å²) in [6.07, 6.45) is 0. The van der Waals surface area contributed by atoms with E-state index in [2.05, 4.69) is 4.97 Å². The molecule has 0 aromatic heterocycles. The third-order valence-electron chi connectivity index (χ3n) is 1.88. The quantitative estimate of drug-likeness (QED) is 0.547. The molecular formula is C6H16F3N4P. The van der Waals surface area contributed by atoms with Crippen molar-refractivity contribution in [1.82, 2.24) is 14.0 Å². The molecule has 0 aromatic rings. The van der Waals surface area contributed by atoms with Crippen LogP contribution in [0.25, 0.3) is 0 Å². The van der Waals surface area contributed by atoms with Crippen molar-refractivity contribution in [2.24, 2.45) is 4.97 Å². The predicted molar refractivity (Wildman–Crippen MR) is 51.6 cm³/mol. The second-order valence-electron chi connectivity index (χ2n) is 3.16. The Balaban J connectivity index is 5.28. The monoisotopic (exact) mass is 232 g/mol. The third-order valence-corrected chi connectivity index (χ3v) is 5.25. The first-order chi connectivity index (χ1) is 6.30. The van der Waals surface area contributed by atoms with E-state index in [-0.39, 0.29) is 0 Å². The van der Waals surface area contributed by atoms with Gasteiger partial charge >= 0.3 is 6.55 Å². The molecule has 0 N–H and O–H groups in total. The number of halogens is 3. The summed E-state index contributed by atoms with van der Waals surface area (Å²) in [5, 5.41) is 0. The lowest BCUT2D eigenvalue weighted by molar-refractivity contribution is 0.0400. The average molecular weight is 232 g/mol. The summed E-state index contributed by atoms with van der Waals surface area (Å²) in [7, 11) is 4.19. The first-order valence-corrected chi connectivity index (χ1v) is 5.50. The topological polar surface area (TPSA) is 22.1 Å². The molecule has 0 rings (SSSR count). The van der Waals surface area contributed by atoms with Gasteiger partial charge in [-0.3, -0.25) is 0 Å². The highest BCUT2D eigenvalue weighted by Gasteiger charge is 2.36. The van der Waals surface area contributed by atoms with Gasteiger partial charge in [-0.25, -0.2) is 9.34 Å². The summed E-state index contributed by atoms with van der Waals surface area (Å²) >= 11 is 0. The van der Waals surface area contributed by atoms with Gasteiger partial charge in [0.05, 0.1) is 0 Å². The number of nitrogens with zero attached hydrogens (tertiary/aromatic N) is 4. The van der Waals surface area contributed by atoms with E-state index in [4.69, 9.17) is 0 Å². The molecule has 0 atom stereocenters. The summed E-state index contributed by atoms with van der Waals surface area (Å²) in [6, 6.07) is 0. The average Bonchev–Trinajstić information content (AvgIpc) is 2.04. The molecule has 14 heavy (non-hydrogen) atoms. The van der Waals surface area contributed by atoms with Crippen LogP contribution in [0.15, 0.2) is 4.97 Å². The molecule has 0 radical (unpaired) electrons. The van der Waals surface area contributed by atoms with E-state index < -0.39 is 14.1 Å². The highest BCUT2D eigenvalue weighted by atomic mass is 31.2. The molecule has 0 aliphatic heterocycles. The summed E-state index contributed by atoms with van der Waals surface area (Å²) in [4.78, 5) is 2.65. The molecule has 0 aliphatic carbocycles. The minimum Gasteiger partial charge on any atom is -0.250 e. The van der Waals surface area contributed by atoms with Gasteiger partial charge in [0.15, 0.2) is 0 Å². The molecular weight excluding hydrogens is 216 g/mol. The van der Waals surface area contributed by atoms with Crippen LogP contribution in [-0.2, 0) is 0 Å². The zero-order valence-electron chi connectivity index (χ0n) is 8.95. The molecule has 0 saturated heterocycles. The minimum atomic E-state index is -3.06. The molecule has 0 fully saturated rings. The highest BCUT2D eigenvalue weighted by molar-refractivity contribution is 7.58. The predicted octanol–water partition coefficient (Wildman–Crippen LogP) is 2.09. The molecule has 0 amide bonds. The van der Waals surface area contributed by atoms with E-state index in [0.717, 1.165) is 7.05 Å². The Morgan fingerprint density at radius 2 is 1.36 bits per heavy atom. The maximum absolute atomic E-state index is 12.6. The van der Waals surface area contributed by atoms with Crippen molar-refractivity contribution in [1.29, 1.82) is 0 Å². The van der Waals surface area contributed by atoms with Crippen LogP contribution >= 0.6 is 7.51 Å². The van der Waals surface area contributed by atoms with Gasteiger partial charge in [0.1, 0.15) is 0 Å². The standard InChI is InChI=1S/C6H16F3N4P/c1-11(2)14(10-9,12(3)4)13(5)6(7)8/h6H,1-5H3. The fraction of sp³-hybridized carbons (Fsp3) is 1.00. The summed E-state index contributed by atoms with van der Waals surface area (Å²) in [5.74, 6) is 0. The number of rotatable bonds is 4. The van der Waals surface area contributed by atoms with E-state index in [1.807, 2.05) is 0 Å². The van der Waals surface area contributed by atoms with E-state index >= 15 is 0 Å². The number of hydrogen-bond acceptors (Lipinski definition) is 1. The minimum absolute atomic E-state index is 0.646. The summed E-state index contributed by atoms with van der Waals surface area (Å²) in [5.41, 5.74) is 0. The Bertz CT molecular complexity index is 219. The van der Waals surface area contributed by atoms with E-state index in [0.29, 0.717) is 4.67 Å². The SMILES string of the molecule is CN(C)P(=NF)(N(C)C)N(C)C(F)F. The normalized spacial score (nSPS) is 13.4. The van der Waals surface area contributed by atoms with Crippen LogP contribution in [-0.4, -0.2) is 55.8 Å². The van der Waals surface area contributed by atoms with Crippen LogP contribution in [0.4, 0.5) is 13.3 Å². The van der Waals surface area contributed by atoms with Crippen LogP contribution < -0.4 is 0 Å². The van der Waals surface area contributed by atoms with Gasteiger partial charge in [0, 0.05) is 0 Å². The Hall–Kier alpha value is -0.100. The Morgan fingerprint density at radius 3 is 1.43 bits per heavy atom. The zero-order chi connectivity index (χ0) is 11.5. The van der Waals surface area contributed by atoms with Crippen molar-refractivity contribution in [2.75, 3.05) is 35.2 Å². The van der Waals surface area contributed by atoms with Crippen molar-refractivity contribution in [3.63, 3.8) is 0 Å². The van der Waals surface area contributed by atoms with Gasteiger partial charge < -0.3 is 0 Å². The molecule has 0 spiro atoms. The van der Waals surface area contributed by atoms with Crippen molar-refractivity contribution in [2.45, 2.75) is 6.55 Å². The highest BCUT2D eigenvalue weighted by Crippen LogP contribution is 2.57. The molecule has 0 aromatic carbocycles. The van der Waals surface area contributed by atoms with Crippen LogP contribution in [0, 0.1) is 0 Å². The molecule has 0 bridgehead atoms. The van der Waals surface area contributed by atoms with Gasteiger partial charge in [-0.2, -0.15) is 13.5 Å². The summed E-state index contributed by atoms with van der Waals surface area (Å²) in [6.45, 7) is -2.74. The Kier molecular flexibility index (Phi) is 5.08. The van der Waals surface area contributed by atoms with Crippen molar-refractivity contribution in [3.8, 4) is 0 Å². The first-order valence-electron chi connectivity index (χ1n) is 3.90. The van der Waals surface area contributed by atoms with Crippen molar-refractivity contribution >= 4 is 7.51 Å². The zero-order valence-corrected chi connectivity index (χ0v) is 9.84. The van der Waals surface area contributed by atoms with Crippen molar-refractivity contribution in [3.05, 3.63) is 0 Å². The largest absolute Gasteiger partial charge is 0.300 e. The van der Waals surface area contributed by atoms with E-state index in [1.54, 1.807) is 0 Å². The second kappa shape index (κ2) is 5.11. The third kappa shape index (κ3) is 2.28. The number of hydrogen-bond donors (Lipinski definition) is 0. The van der Waals surface area contributed by atoms with Gasteiger partial charge in [-0.05, 0) is 35.2 Å². The lowest BCUT2D eigenvalue weighted by Gasteiger charge is -2.39. The van der Waals surface area contributed by atoms with Gasteiger partial charge in [-0.1, -0.05) is 9.45 Å². The van der Waals surface area contributed by atoms with Gasteiger partial charge in [0.25, 0.3) is 0 Å². The molecule has 0 saturated carbocycles. The first kappa shape index (κ1) is 13.9. The molecule has 8 heteroatoms. The van der Waals surface area contributed by atoms with Gasteiger partial charge in [0.2, 0.25) is 7.51 Å². The Morgan fingerprint density at radius 1 is 1.00 bits per heavy atom. The van der Waals surface area contributed by atoms with Crippen LogP contribution in [0.1, 0.15) is 0 Å². The molecule has 0 heterocycles. The van der Waals surface area contributed by atoms with E-state index in [1.165, 1.54) is 37.5 Å². The van der Waals surface area contributed by atoms with Crippen molar-refractivity contribution < 1.29 is 13.3 Å². The Labute approximate surface area is 82.4 Å². The smallest absolute Gasteiger partial charge is 0.250 e. The van der Waals surface area contributed by atoms with Crippen LogP contribution in [0.2, 0.25) is 0 Å². The van der Waals surface area contributed by atoms with Crippen LogP contribution in [0.5, 0.6) is 0 Å². The number of alkyl halides is 2. The fourth-order valence-corrected chi connectivity index (χ4v) is 3.68. The van der Waals surface area contributed by atoms with E-state index in [9.17, 15) is 13.3 Å². The fourth-order valence-electron chi connectivity index (χ4n) is 1.23. The molecule has 0 unspecified atom stereocenters. The van der Waals surface area contributed by atoms with Crippen LogP contribution in [0.3, 0.4) is 0 Å². The maximum Gasteiger partial charge on any atom is 0.300 e. The van der Waals surface area contributed by atoms with Gasteiger partial charge in [-0.15, -0.1) is 0 Å². The lowest BCUT2D eigenvalue weighted by Crippen LogP contribution is -2.35. The lowest BCUT2D eigenvalue weighted by atomic mass is 11.1. The summed E-state index contributed by atoms with van der Waals surface area (Å²) < 4.78 is 41.0. The maximum atomic E-state index is 12.6.